The van der Waals surface area contributed by atoms with Crippen molar-refractivity contribution in [3.05, 3.63) is 14.7 Å². The van der Waals surface area contributed by atoms with Crippen LogP contribution in [0.25, 0.3) is 0 Å². The van der Waals surface area contributed by atoms with E-state index in [0.29, 0.717) is 17.9 Å². The van der Waals surface area contributed by atoms with Crippen LogP contribution in [0.15, 0.2) is 14.7 Å². The highest BCUT2D eigenvalue weighted by molar-refractivity contribution is 9.11. The first-order chi connectivity index (χ1) is 8.85. The van der Waals surface area contributed by atoms with Crippen LogP contribution < -0.4 is 10.5 Å². The number of thiophene rings is 1. The van der Waals surface area contributed by atoms with Crippen LogP contribution in [0.3, 0.4) is 0 Å². The summed E-state index contributed by atoms with van der Waals surface area (Å²) in [4.78, 5) is 1.05. The highest BCUT2D eigenvalue weighted by Crippen LogP contribution is 2.31. The maximum atomic E-state index is 12.3. The first kappa shape index (κ1) is 15.4. The number of hydrogen-bond acceptors (Lipinski definition) is 5. The molecule has 1 aromatic rings. The molecular formula is C11H17BrN2O3S2. The maximum absolute atomic E-state index is 12.3. The van der Waals surface area contributed by atoms with Gasteiger partial charge in [-0.05, 0) is 42.3 Å². The maximum Gasteiger partial charge on any atom is 0.242 e. The zero-order valence-corrected chi connectivity index (χ0v) is 13.9. The predicted octanol–water partition coefficient (Wildman–Crippen LogP) is 1.60. The van der Waals surface area contributed by atoms with Crippen molar-refractivity contribution in [2.24, 2.45) is 5.73 Å². The molecule has 0 amide bonds. The highest BCUT2D eigenvalue weighted by Gasteiger charge is 2.42. The summed E-state index contributed by atoms with van der Waals surface area (Å²) in [6.07, 6.45) is 0.560. The van der Waals surface area contributed by atoms with Crippen LogP contribution in [0.5, 0.6) is 0 Å². The molecule has 0 spiro atoms. The van der Waals surface area contributed by atoms with Crippen molar-refractivity contribution in [2.45, 2.75) is 43.4 Å². The minimum Gasteiger partial charge on any atom is -0.377 e. The molecule has 3 atom stereocenters. The lowest BCUT2D eigenvalue weighted by Gasteiger charge is -2.42. The Bertz CT molecular complexity index is 556. The third-order valence-corrected chi connectivity index (χ3v) is 6.44. The lowest BCUT2D eigenvalue weighted by Crippen LogP contribution is -2.64. The standard InChI is InChI=1S/C11H17BrN2O3S2/c1-3-17-8-4-7(13)11(8)14-19(15,16)9-5-10(12)18-6(9)2/h5,7-8,11,14H,3-4,13H2,1-2H3. The van der Waals surface area contributed by atoms with Gasteiger partial charge in [-0.15, -0.1) is 11.3 Å². The number of rotatable bonds is 5. The molecule has 0 saturated heterocycles. The summed E-state index contributed by atoms with van der Waals surface area (Å²) < 4.78 is 33.6. The first-order valence-corrected chi connectivity index (χ1v) is 9.10. The van der Waals surface area contributed by atoms with Crippen LogP contribution in [0, 0.1) is 6.92 Å². The molecule has 1 saturated carbocycles. The molecule has 2 rings (SSSR count). The van der Waals surface area contributed by atoms with Gasteiger partial charge in [-0.3, -0.25) is 0 Å². The summed E-state index contributed by atoms with van der Waals surface area (Å²) in [5, 5.41) is 0. The molecule has 3 unspecified atom stereocenters. The zero-order valence-electron chi connectivity index (χ0n) is 10.7. The molecule has 0 aromatic carbocycles. The van der Waals surface area contributed by atoms with E-state index in [-0.39, 0.29) is 18.2 Å². The molecular weight excluding hydrogens is 352 g/mol. The van der Waals surface area contributed by atoms with E-state index in [9.17, 15) is 8.42 Å². The minimum atomic E-state index is -3.54. The summed E-state index contributed by atoms with van der Waals surface area (Å²) in [5.74, 6) is 0. The summed E-state index contributed by atoms with van der Waals surface area (Å²) >= 11 is 4.69. The fourth-order valence-corrected chi connectivity index (χ4v) is 5.86. The normalized spacial score (nSPS) is 27.3. The van der Waals surface area contributed by atoms with E-state index in [2.05, 4.69) is 20.7 Å². The molecule has 1 aliphatic rings. The van der Waals surface area contributed by atoms with Gasteiger partial charge in [0.25, 0.3) is 0 Å². The topological polar surface area (TPSA) is 81.4 Å². The second-order valence-electron chi connectivity index (χ2n) is 4.51. The number of nitrogens with two attached hydrogens (primary N) is 1. The smallest absolute Gasteiger partial charge is 0.242 e. The lowest BCUT2D eigenvalue weighted by atomic mass is 9.84. The van der Waals surface area contributed by atoms with E-state index in [0.717, 1.165) is 8.66 Å². The monoisotopic (exact) mass is 368 g/mol. The number of sulfonamides is 1. The summed E-state index contributed by atoms with van der Waals surface area (Å²) in [6, 6.07) is 1.08. The number of halogens is 1. The Morgan fingerprint density at radius 1 is 1.63 bits per heavy atom. The molecule has 8 heteroatoms. The van der Waals surface area contributed by atoms with Crippen LogP contribution >= 0.6 is 27.3 Å². The Kier molecular flexibility index (Phi) is 4.69. The molecule has 3 N–H and O–H groups in total. The Morgan fingerprint density at radius 2 is 2.32 bits per heavy atom. The van der Waals surface area contributed by atoms with E-state index < -0.39 is 10.0 Å². The third-order valence-electron chi connectivity index (χ3n) is 3.17. The summed E-state index contributed by atoms with van der Waals surface area (Å²) in [6.45, 7) is 4.22. The number of ether oxygens (including phenoxy) is 1. The van der Waals surface area contributed by atoms with Gasteiger partial charge in [0.15, 0.2) is 0 Å². The van der Waals surface area contributed by atoms with Gasteiger partial charge >= 0.3 is 0 Å². The minimum absolute atomic E-state index is 0.128. The van der Waals surface area contributed by atoms with Crippen molar-refractivity contribution in [1.82, 2.24) is 4.72 Å². The third kappa shape index (κ3) is 3.20. The molecule has 108 valence electrons. The molecule has 5 nitrogen and oxygen atoms in total. The van der Waals surface area contributed by atoms with Crippen LogP contribution in [-0.2, 0) is 14.8 Å². The average Bonchev–Trinajstić information content (AvgIpc) is 2.66. The van der Waals surface area contributed by atoms with Gasteiger partial charge in [-0.1, -0.05) is 0 Å². The predicted molar refractivity (Wildman–Crippen MR) is 78.9 cm³/mol. The van der Waals surface area contributed by atoms with Gasteiger partial charge in [0.2, 0.25) is 10.0 Å². The van der Waals surface area contributed by atoms with Crippen LogP contribution in [0.1, 0.15) is 18.2 Å². The van der Waals surface area contributed by atoms with Gasteiger partial charge in [0.1, 0.15) is 0 Å². The second kappa shape index (κ2) is 5.79. The molecule has 0 aliphatic heterocycles. The van der Waals surface area contributed by atoms with E-state index in [1.54, 1.807) is 13.0 Å². The van der Waals surface area contributed by atoms with Crippen molar-refractivity contribution in [3.8, 4) is 0 Å². The van der Waals surface area contributed by atoms with E-state index in [4.69, 9.17) is 10.5 Å². The van der Waals surface area contributed by atoms with Crippen molar-refractivity contribution >= 4 is 37.3 Å². The van der Waals surface area contributed by atoms with Crippen molar-refractivity contribution in [2.75, 3.05) is 6.61 Å². The second-order valence-corrected chi connectivity index (χ2v) is 8.83. The van der Waals surface area contributed by atoms with Crippen LogP contribution in [-0.4, -0.2) is 33.2 Å². The van der Waals surface area contributed by atoms with Crippen molar-refractivity contribution < 1.29 is 13.2 Å². The fraction of sp³-hybridized carbons (Fsp3) is 0.636. The van der Waals surface area contributed by atoms with Crippen LogP contribution in [0.2, 0.25) is 0 Å². The van der Waals surface area contributed by atoms with Crippen LogP contribution in [0.4, 0.5) is 0 Å². The Labute approximate surface area is 125 Å². The molecule has 1 aliphatic carbocycles. The van der Waals surface area contributed by atoms with Crippen molar-refractivity contribution in [1.29, 1.82) is 0 Å². The van der Waals surface area contributed by atoms with Gasteiger partial charge in [-0.2, -0.15) is 0 Å². The summed E-state index contributed by atoms with van der Waals surface area (Å²) in [7, 11) is -3.54. The highest BCUT2D eigenvalue weighted by atomic mass is 79.9. The molecule has 1 heterocycles. The van der Waals surface area contributed by atoms with Gasteiger partial charge < -0.3 is 10.5 Å². The van der Waals surface area contributed by atoms with E-state index in [1.807, 2.05) is 6.92 Å². The fourth-order valence-electron chi connectivity index (χ4n) is 2.13. The van der Waals surface area contributed by atoms with E-state index >= 15 is 0 Å². The number of aryl methyl sites for hydroxylation is 1. The molecule has 0 bridgehead atoms. The quantitative estimate of drug-likeness (QED) is 0.826. The summed E-state index contributed by atoms with van der Waals surface area (Å²) in [5.41, 5.74) is 5.86. The van der Waals surface area contributed by atoms with E-state index in [1.165, 1.54) is 11.3 Å². The molecule has 19 heavy (non-hydrogen) atoms. The SMILES string of the molecule is CCOC1CC(N)C1NS(=O)(=O)c1cc(Br)sc1C. The molecule has 1 aromatic heterocycles. The Hall–Kier alpha value is 0.01000. The van der Waals surface area contributed by atoms with Crippen molar-refractivity contribution in [3.63, 3.8) is 0 Å². The largest absolute Gasteiger partial charge is 0.377 e. The van der Waals surface area contributed by atoms with Gasteiger partial charge in [0, 0.05) is 17.5 Å². The average molecular weight is 369 g/mol. The van der Waals surface area contributed by atoms with Gasteiger partial charge in [0.05, 0.1) is 20.8 Å². The Balaban J connectivity index is 2.15. The zero-order chi connectivity index (χ0) is 14.2. The molecule has 1 fully saturated rings. The number of hydrogen-bond donors (Lipinski definition) is 2. The number of nitrogens with one attached hydrogen (secondary N) is 1. The Morgan fingerprint density at radius 3 is 2.79 bits per heavy atom. The first-order valence-electron chi connectivity index (χ1n) is 6.00. The lowest BCUT2D eigenvalue weighted by molar-refractivity contribution is -0.0248. The van der Waals surface area contributed by atoms with Gasteiger partial charge in [-0.25, -0.2) is 13.1 Å². The molecule has 0 radical (unpaired) electrons.